The minimum atomic E-state index is -0.956. The van der Waals surface area contributed by atoms with Gasteiger partial charge in [-0.25, -0.2) is 9.59 Å². The lowest BCUT2D eigenvalue weighted by Gasteiger charge is -2.22. The first-order valence-electron chi connectivity index (χ1n) is 11.8. The van der Waals surface area contributed by atoms with E-state index in [0.29, 0.717) is 0 Å². The van der Waals surface area contributed by atoms with E-state index in [0.717, 1.165) is 27.8 Å². The molecule has 0 saturated carbocycles. The van der Waals surface area contributed by atoms with Crippen LogP contribution in [-0.4, -0.2) is 37.2 Å². The number of benzene rings is 3. The summed E-state index contributed by atoms with van der Waals surface area (Å²) in [5.74, 6) is -1.07. The van der Waals surface area contributed by atoms with Gasteiger partial charge in [-0.1, -0.05) is 78.9 Å². The first kappa shape index (κ1) is 26.5. The molecule has 0 saturated heterocycles. The maximum Gasteiger partial charge on any atom is 0.408 e. The Hall–Kier alpha value is -4.13. The first-order valence-corrected chi connectivity index (χ1v) is 11.8. The highest BCUT2D eigenvalue weighted by Crippen LogP contribution is 2.13. The Labute approximate surface area is 211 Å². The molecule has 36 heavy (non-hydrogen) atoms. The Balaban J connectivity index is 1.73. The quantitative estimate of drug-likeness (QED) is 0.420. The molecule has 0 heterocycles. The van der Waals surface area contributed by atoms with Crippen molar-refractivity contribution in [1.82, 2.24) is 10.6 Å². The number of alkyl carbamates (subject to hydrolysis) is 1. The van der Waals surface area contributed by atoms with Gasteiger partial charge in [-0.2, -0.15) is 0 Å². The number of nitrogens with one attached hydrogen (secondary N) is 2. The van der Waals surface area contributed by atoms with E-state index in [1.165, 1.54) is 7.11 Å². The lowest BCUT2D eigenvalue weighted by molar-refractivity contribution is -0.145. The predicted octanol–water partition coefficient (Wildman–Crippen LogP) is 4.04. The fourth-order valence-electron chi connectivity index (χ4n) is 3.74. The highest BCUT2D eigenvalue weighted by atomic mass is 16.5. The van der Waals surface area contributed by atoms with Crippen molar-refractivity contribution in [2.45, 2.75) is 45.4 Å². The molecule has 0 aromatic heterocycles. The number of methoxy groups -OCH3 is 1. The Morgan fingerprint density at radius 3 is 1.94 bits per heavy atom. The van der Waals surface area contributed by atoms with Crippen LogP contribution in [0.2, 0.25) is 0 Å². The zero-order valence-corrected chi connectivity index (χ0v) is 20.8. The van der Waals surface area contributed by atoms with Crippen LogP contribution in [0.5, 0.6) is 0 Å². The molecule has 0 aliphatic heterocycles. The van der Waals surface area contributed by atoms with Gasteiger partial charge < -0.3 is 20.1 Å². The molecule has 2 amide bonds. The maximum absolute atomic E-state index is 13.3. The zero-order valence-electron chi connectivity index (χ0n) is 20.8. The number of esters is 1. The van der Waals surface area contributed by atoms with Gasteiger partial charge in [-0.3, -0.25) is 4.79 Å². The van der Waals surface area contributed by atoms with Crippen molar-refractivity contribution in [3.8, 4) is 0 Å². The van der Waals surface area contributed by atoms with Crippen LogP contribution in [0.1, 0.15) is 27.8 Å². The van der Waals surface area contributed by atoms with E-state index in [1.807, 2.05) is 92.7 Å². The van der Waals surface area contributed by atoms with E-state index in [9.17, 15) is 14.4 Å². The number of rotatable bonds is 10. The summed E-state index contributed by atoms with van der Waals surface area (Å²) in [6.07, 6.45) is -0.237. The van der Waals surface area contributed by atoms with Crippen LogP contribution in [-0.2, 0) is 38.5 Å². The molecule has 0 bridgehead atoms. The number of carbonyl (C=O) groups is 3. The molecule has 0 unspecified atom stereocenters. The highest BCUT2D eigenvalue weighted by molar-refractivity contribution is 5.90. The number of amides is 2. The average Bonchev–Trinajstić information content (AvgIpc) is 2.89. The van der Waals surface area contributed by atoms with E-state index >= 15 is 0 Å². The number of aryl methyl sites for hydroxylation is 2. The van der Waals surface area contributed by atoms with Crippen LogP contribution in [0.4, 0.5) is 4.79 Å². The molecular weight excluding hydrogens is 456 g/mol. The first-order chi connectivity index (χ1) is 17.4. The molecule has 3 aromatic rings. The van der Waals surface area contributed by atoms with Gasteiger partial charge in [0.1, 0.15) is 18.7 Å². The van der Waals surface area contributed by atoms with Gasteiger partial charge in [0.25, 0.3) is 0 Å². The van der Waals surface area contributed by atoms with Crippen molar-refractivity contribution in [3.63, 3.8) is 0 Å². The Morgan fingerprint density at radius 2 is 1.33 bits per heavy atom. The topological polar surface area (TPSA) is 93.7 Å². The van der Waals surface area contributed by atoms with Crippen LogP contribution in [0.25, 0.3) is 0 Å². The molecule has 3 aromatic carbocycles. The van der Waals surface area contributed by atoms with Gasteiger partial charge in [0.2, 0.25) is 5.91 Å². The summed E-state index contributed by atoms with van der Waals surface area (Å²) in [4.78, 5) is 38.4. The normalized spacial score (nSPS) is 12.2. The summed E-state index contributed by atoms with van der Waals surface area (Å²) in [5.41, 5.74) is 4.80. The van der Waals surface area contributed by atoms with Crippen molar-refractivity contribution < 1.29 is 23.9 Å². The number of hydrogen-bond donors (Lipinski definition) is 2. The Morgan fingerprint density at radius 1 is 0.722 bits per heavy atom. The smallest absolute Gasteiger partial charge is 0.408 e. The van der Waals surface area contributed by atoms with E-state index in [4.69, 9.17) is 9.47 Å². The molecule has 0 fully saturated rings. The molecule has 0 aliphatic carbocycles. The number of carbonyl (C=O) groups excluding carboxylic acids is 3. The third-order valence-electron chi connectivity index (χ3n) is 5.92. The zero-order chi connectivity index (χ0) is 25.9. The third-order valence-corrected chi connectivity index (χ3v) is 5.92. The molecule has 7 nitrogen and oxygen atoms in total. The van der Waals surface area contributed by atoms with Gasteiger partial charge in [0.05, 0.1) is 7.11 Å². The molecule has 0 aliphatic rings. The van der Waals surface area contributed by atoms with Crippen LogP contribution in [0, 0.1) is 13.8 Å². The molecule has 3 rings (SSSR count). The minimum absolute atomic E-state index is 0.0733. The van der Waals surface area contributed by atoms with Crippen molar-refractivity contribution >= 4 is 18.0 Å². The van der Waals surface area contributed by atoms with Crippen molar-refractivity contribution in [2.75, 3.05) is 7.11 Å². The van der Waals surface area contributed by atoms with Crippen LogP contribution in [0.3, 0.4) is 0 Å². The highest BCUT2D eigenvalue weighted by Gasteiger charge is 2.28. The van der Waals surface area contributed by atoms with E-state index in [2.05, 4.69) is 10.6 Å². The summed E-state index contributed by atoms with van der Waals surface area (Å²) in [5, 5.41) is 5.42. The molecule has 7 heteroatoms. The molecule has 2 N–H and O–H groups in total. The van der Waals surface area contributed by atoms with Crippen LogP contribution < -0.4 is 10.6 Å². The fraction of sp³-hybridized carbons (Fsp3) is 0.276. The van der Waals surface area contributed by atoms with Gasteiger partial charge in [0, 0.05) is 12.8 Å². The standard InChI is InChI=1S/C29H32N2O5/c1-20-14-15-24(16-21(20)2)18-26(28(33)35-3)30-27(32)25(17-22-10-6-4-7-11-22)31-29(34)36-19-23-12-8-5-9-13-23/h4-16,25-26H,17-19H2,1-3H3,(H,30,32)(H,31,34)/t25-,26+/m0/s1. The van der Waals surface area contributed by atoms with E-state index in [1.54, 1.807) is 0 Å². The average molecular weight is 489 g/mol. The van der Waals surface area contributed by atoms with Gasteiger partial charge >= 0.3 is 12.1 Å². The SMILES string of the molecule is COC(=O)[C@@H](Cc1ccc(C)c(C)c1)NC(=O)[C@H](Cc1ccccc1)NC(=O)OCc1ccccc1. The molecule has 2 atom stereocenters. The predicted molar refractivity (Wildman–Crippen MR) is 137 cm³/mol. The van der Waals surface area contributed by atoms with Crippen molar-refractivity contribution in [3.05, 3.63) is 107 Å². The fourth-order valence-corrected chi connectivity index (χ4v) is 3.74. The van der Waals surface area contributed by atoms with Gasteiger partial charge in [-0.15, -0.1) is 0 Å². The largest absolute Gasteiger partial charge is 0.467 e. The molecule has 188 valence electrons. The van der Waals surface area contributed by atoms with E-state index < -0.39 is 30.1 Å². The summed E-state index contributed by atoms with van der Waals surface area (Å²) in [7, 11) is 1.28. The monoisotopic (exact) mass is 488 g/mol. The molecular formula is C29H32N2O5. The summed E-state index contributed by atoms with van der Waals surface area (Å²) >= 11 is 0. The number of ether oxygens (including phenoxy) is 2. The summed E-state index contributed by atoms with van der Waals surface area (Å²) in [6.45, 7) is 4.07. The Bertz CT molecular complexity index is 1160. The maximum atomic E-state index is 13.3. The van der Waals surface area contributed by atoms with Crippen LogP contribution >= 0.6 is 0 Å². The second-order valence-electron chi connectivity index (χ2n) is 8.66. The third kappa shape index (κ3) is 7.98. The van der Waals surface area contributed by atoms with Crippen LogP contribution in [0.15, 0.2) is 78.9 Å². The minimum Gasteiger partial charge on any atom is -0.467 e. The lowest BCUT2D eigenvalue weighted by Crippen LogP contribution is -2.53. The molecule has 0 radical (unpaired) electrons. The summed E-state index contributed by atoms with van der Waals surface area (Å²) in [6, 6.07) is 22.6. The second-order valence-corrected chi connectivity index (χ2v) is 8.66. The Kier molecular flexibility index (Phi) is 9.63. The summed E-state index contributed by atoms with van der Waals surface area (Å²) < 4.78 is 10.3. The second kappa shape index (κ2) is 13.1. The van der Waals surface area contributed by atoms with Crippen molar-refractivity contribution in [1.29, 1.82) is 0 Å². The van der Waals surface area contributed by atoms with Gasteiger partial charge in [0.15, 0.2) is 0 Å². The van der Waals surface area contributed by atoms with Crippen molar-refractivity contribution in [2.24, 2.45) is 0 Å². The number of hydrogen-bond acceptors (Lipinski definition) is 5. The van der Waals surface area contributed by atoms with E-state index in [-0.39, 0.29) is 19.4 Å². The van der Waals surface area contributed by atoms with Gasteiger partial charge in [-0.05, 0) is 41.7 Å². The molecule has 0 spiro atoms. The lowest BCUT2D eigenvalue weighted by atomic mass is 10.00.